The van der Waals surface area contributed by atoms with Gasteiger partial charge in [0.05, 0.1) is 6.26 Å². The summed E-state index contributed by atoms with van der Waals surface area (Å²) in [4.78, 5) is 11.9. The predicted molar refractivity (Wildman–Crippen MR) is 101 cm³/mol. The van der Waals surface area contributed by atoms with Crippen LogP contribution in [0.25, 0.3) is 11.0 Å². The van der Waals surface area contributed by atoms with Crippen LogP contribution in [0.1, 0.15) is 37.8 Å². The smallest absolute Gasteiger partial charge is 0.335 e. The number of hydrogen-bond donors (Lipinski definition) is 2. The SMILES string of the molecule is CC(C)(CC(O)(CCc1ccccc1)C(=O)O)c1cccc2ccoc12. The molecule has 26 heavy (non-hydrogen) atoms. The van der Waals surface area contributed by atoms with Crippen molar-refractivity contribution in [1.82, 2.24) is 0 Å². The third-order valence-electron chi connectivity index (χ3n) is 5.01. The van der Waals surface area contributed by atoms with Gasteiger partial charge in [-0.2, -0.15) is 0 Å². The van der Waals surface area contributed by atoms with E-state index in [1.54, 1.807) is 6.26 Å². The third-order valence-corrected chi connectivity index (χ3v) is 5.01. The number of fused-ring (bicyclic) bond motifs is 1. The maximum Gasteiger partial charge on any atom is 0.335 e. The van der Waals surface area contributed by atoms with E-state index in [0.717, 1.165) is 22.1 Å². The Hall–Kier alpha value is -2.59. The Morgan fingerprint density at radius 1 is 1.04 bits per heavy atom. The van der Waals surface area contributed by atoms with E-state index in [2.05, 4.69) is 0 Å². The van der Waals surface area contributed by atoms with Gasteiger partial charge in [0.15, 0.2) is 5.60 Å². The molecule has 0 spiro atoms. The van der Waals surface area contributed by atoms with Crippen molar-refractivity contribution in [2.24, 2.45) is 0 Å². The highest BCUT2D eigenvalue weighted by atomic mass is 16.4. The number of carbonyl (C=O) groups is 1. The topological polar surface area (TPSA) is 70.7 Å². The van der Waals surface area contributed by atoms with Crippen LogP contribution in [0.2, 0.25) is 0 Å². The zero-order chi connectivity index (χ0) is 18.8. The molecule has 1 aromatic heterocycles. The Balaban J connectivity index is 1.86. The van der Waals surface area contributed by atoms with E-state index in [9.17, 15) is 15.0 Å². The van der Waals surface area contributed by atoms with Crippen molar-refractivity contribution in [1.29, 1.82) is 0 Å². The van der Waals surface area contributed by atoms with Gasteiger partial charge in [0.1, 0.15) is 5.58 Å². The van der Waals surface area contributed by atoms with Crippen molar-refractivity contribution >= 4 is 16.9 Å². The zero-order valence-corrected chi connectivity index (χ0v) is 15.1. The molecule has 2 N–H and O–H groups in total. The molecule has 4 nitrogen and oxygen atoms in total. The van der Waals surface area contributed by atoms with Crippen LogP contribution in [0.4, 0.5) is 0 Å². The average Bonchev–Trinajstić information content (AvgIpc) is 3.09. The molecule has 1 unspecified atom stereocenters. The number of rotatable bonds is 7. The zero-order valence-electron chi connectivity index (χ0n) is 15.1. The predicted octanol–water partition coefficient (Wildman–Crippen LogP) is 4.55. The summed E-state index contributed by atoms with van der Waals surface area (Å²) < 4.78 is 5.61. The summed E-state index contributed by atoms with van der Waals surface area (Å²) >= 11 is 0. The second kappa shape index (κ2) is 6.96. The molecule has 0 saturated carbocycles. The van der Waals surface area contributed by atoms with Crippen molar-refractivity contribution in [3.05, 3.63) is 72.0 Å². The Bertz CT molecular complexity index is 895. The van der Waals surface area contributed by atoms with Gasteiger partial charge in [0, 0.05) is 10.9 Å². The van der Waals surface area contributed by atoms with E-state index >= 15 is 0 Å². The monoisotopic (exact) mass is 352 g/mol. The van der Waals surface area contributed by atoms with Crippen molar-refractivity contribution in [2.45, 2.75) is 44.1 Å². The summed E-state index contributed by atoms with van der Waals surface area (Å²) in [7, 11) is 0. The molecular weight excluding hydrogens is 328 g/mol. The summed E-state index contributed by atoms with van der Waals surface area (Å²) in [5, 5.41) is 21.6. The van der Waals surface area contributed by atoms with Gasteiger partial charge in [-0.25, -0.2) is 4.79 Å². The highest BCUT2D eigenvalue weighted by Gasteiger charge is 2.42. The summed E-state index contributed by atoms with van der Waals surface area (Å²) in [6.07, 6.45) is 2.39. The first-order valence-corrected chi connectivity index (χ1v) is 8.78. The summed E-state index contributed by atoms with van der Waals surface area (Å²) in [5.41, 5.74) is 0.278. The van der Waals surface area contributed by atoms with Gasteiger partial charge < -0.3 is 14.6 Å². The first-order valence-electron chi connectivity index (χ1n) is 8.78. The van der Waals surface area contributed by atoms with Crippen LogP contribution in [-0.4, -0.2) is 21.8 Å². The van der Waals surface area contributed by atoms with Gasteiger partial charge >= 0.3 is 5.97 Å². The molecule has 0 aliphatic rings. The van der Waals surface area contributed by atoms with E-state index < -0.39 is 17.0 Å². The second-order valence-electron chi connectivity index (χ2n) is 7.53. The van der Waals surface area contributed by atoms with Gasteiger partial charge in [-0.1, -0.05) is 62.4 Å². The molecular formula is C22H24O4. The highest BCUT2D eigenvalue weighted by molar-refractivity contribution is 5.82. The maximum atomic E-state index is 11.9. The molecule has 0 radical (unpaired) electrons. The van der Waals surface area contributed by atoms with Crippen LogP contribution in [0, 0.1) is 0 Å². The molecule has 0 fully saturated rings. The van der Waals surface area contributed by atoms with E-state index in [1.807, 2.05) is 68.4 Å². The number of benzene rings is 2. The minimum absolute atomic E-state index is 0.0992. The van der Waals surface area contributed by atoms with E-state index in [0.29, 0.717) is 6.42 Å². The van der Waals surface area contributed by atoms with Gasteiger partial charge in [0.25, 0.3) is 0 Å². The maximum absolute atomic E-state index is 11.9. The number of furan rings is 1. The summed E-state index contributed by atoms with van der Waals surface area (Å²) in [6, 6.07) is 17.3. The number of para-hydroxylation sites is 1. The van der Waals surface area contributed by atoms with Gasteiger partial charge in [0.2, 0.25) is 0 Å². The molecule has 0 amide bonds. The lowest BCUT2D eigenvalue weighted by Crippen LogP contribution is -2.44. The van der Waals surface area contributed by atoms with E-state index in [4.69, 9.17) is 4.42 Å². The van der Waals surface area contributed by atoms with Crippen LogP contribution in [-0.2, 0) is 16.6 Å². The number of aliphatic hydroxyl groups is 1. The van der Waals surface area contributed by atoms with Gasteiger partial charge in [-0.3, -0.25) is 0 Å². The molecule has 0 aliphatic carbocycles. The standard InChI is InChI=1S/C22H24O4/c1-21(2,18-10-6-9-17-12-14-26-19(17)18)15-22(25,20(23)24)13-11-16-7-4-3-5-8-16/h3-10,12,14,25H,11,13,15H2,1-2H3,(H,23,24). The Labute approximate surface area is 153 Å². The molecule has 0 aliphatic heterocycles. The van der Waals surface area contributed by atoms with Crippen LogP contribution >= 0.6 is 0 Å². The normalized spacial score (nSPS) is 14.3. The fourth-order valence-electron chi connectivity index (χ4n) is 3.62. The lowest BCUT2D eigenvalue weighted by atomic mass is 9.73. The molecule has 3 aromatic rings. The molecule has 0 bridgehead atoms. The number of aliphatic carboxylic acids is 1. The summed E-state index contributed by atoms with van der Waals surface area (Å²) in [5.74, 6) is -1.19. The number of carboxylic acid groups (broad SMARTS) is 1. The molecule has 2 aromatic carbocycles. The summed E-state index contributed by atoms with van der Waals surface area (Å²) in [6.45, 7) is 3.89. The largest absolute Gasteiger partial charge is 0.479 e. The Morgan fingerprint density at radius 2 is 1.77 bits per heavy atom. The Morgan fingerprint density at radius 3 is 2.46 bits per heavy atom. The lowest BCUT2D eigenvalue weighted by Gasteiger charge is -2.34. The fourth-order valence-corrected chi connectivity index (χ4v) is 3.62. The molecule has 0 saturated heterocycles. The van der Waals surface area contributed by atoms with E-state index in [1.165, 1.54) is 0 Å². The van der Waals surface area contributed by atoms with Crippen molar-refractivity contribution in [2.75, 3.05) is 0 Å². The lowest BCUT2D eigenvalue weighted by molar-refractivity contribution is -0.161. The van der Waals surface area contributed by atoms with Gasteiger partial charge in [-0.05, 0) is 36.3 Å². The quantitative estimate of drug-likeness (QED) is 0.654. The molecule has 4 heteroatoms. The van der Waals surface area contributed by atoms with Crippen LogP contribution < -0.4 is 0 Å². The molecule has 1 atom stereocenters. The van der Waals surface area contributed by atoms with Crippen molar-refractivity contribution < 1.29 is 19.4 Å². The van der Waals surface area contributed by atoms with E-state index in [-0.39, 0.29) is 12.8 Å². The van der Waals surface area contributed by atoms with Crippen LogP contribution in [0.15, 0.2) is 65.3 Å². The highest BCUT2D eigenvalue weighted by Crippen LogP contribution is 2.38. The first-order chi connectivity index (χ1) is 12.3. The third kappa shape index (κ3) is 3.65. The molecule has 136 valence electrons. The number of aryl methyl sites for hydroxylation is 1. The Kier molecular flexibility index (Phi) is 4.88. The number of hydrogen-bond acceptors (Lipinski definition) is 3. The molecule has 3 rings (SSSR count). The minimum Gasteiger partial charge on any atom is -0.479 e. The molecule has 1 heterocycles. The van der Waals surface area contributed by atoms with Gasteiger partial charge in [-0.15, -0.1) is 0 Å². The number of carboxylic acids is 1. The second-order valence-corrected chi connectivity index (χ2v) is 7.53. The minimum atomic E-state index is -1.81. The fraction of sp³-hybridized carbons (Fsp3) is 0.318. The first kappa shape index (κ1) is 18.2. The van der Waals surface area contributed by atoms with Crippen molar-refractivity contribution in [3.8, 4) is 0 Å². The van der Waals surface area contributed by atoms with Crippen LogP contribution in [0.5, 0.6) is 0 Å². The van der Waals surface area contributed by atoms with Crippen molar-refractivity contribution in [3.63, 3.8) is 0 Å². The van der Waals surface area contributed by atoms with Crippen LogP contribution in [0.3, 0.4) is 0 Å². The average molecular weight is 352 g/mol.